The van der Waals surface area contributed by atoms with Crippen LogP contribution in [0.3, 0.4) is 0 Å². The Morgan fingerprint density at radius 2 is 1.60 bits per heavy atom. The molecule has 1 aliphatic heterocycles. The molecule has 3 rings (SSSR count). The first-order chi connectivity index (χ1) is 12.0. The summed E-state index contributed by atoms with van der Waals surface area (Å²) in [6.45, 7) is 1.19. The van der Waals surface area contributed by atoms with E-state index in [1.54, 1.807) is 35.2 Å². The Bertz CT molecular complexity index is 772. The minimum absolute atomic E-state index is 0.0635. The predicted octanol–water partition coefficient (Wildman–Crippen LogP) is 4.03. The molecule has 130 valence electrons. The van der Waals surface area contributed by atoms with Gasteiger partial charge in [-0.25, -0.2) is 0 Å². The molecule has 0 aliphatic carbocycles. The Morgan fingerprint density at radius 1 is 0.920 bits per heavy atom. The van der Waals surface area contributed by atoms with Gasteiger partial charge in [0.25, 0.3) is 11.8 Å². The van der Waals surface area contributed by atoms with Crippen molar-refractivity contribution in [2.75, 3.05) is 13.1 Å². The van der Waals surface area contributed by atoms with Gasteiger partial charge in [0.05, 0.1) is 10.0 Å². The first-order valence-corrected chi connectivity index (χ1v) is 8.90. The van der Waals surface area contributed by atoms with Gasteiger partial charge >= 0.3 is 0 Å². The maximum absolute atomic E-state index is 12.6. The fraction of sp³-hybridized carbons (Fsp3) is 0.263. The highest BCUT2D eigenvalue weighted by molar-refractivity contribution is 6.42. The molecule has 4 nitrogen and oxygen atoms in total. The molecule has 2 aromatic carbocycles. The van der Waals surface area contributed by atoms with E-state index in [0.29, 0.717) is 34.3 Å². The second-order valence-corrected chi connectivity index (χ2v) is 6.85. The molecule has 0 aromatic heterocycles. The van der Waals surface area contributed by atoms with Crippen LogP contribution in [0.5, 0.6) is 0 Å². The normalized spacial score (nSPS) is 15.0. The Balaban J connectivity index is 1.55. The lowest BCUT2D eigenvalue weighted by Gasteiger charge is -2.32. The summed E-state index contributed by atoms with van der Waals surface area (Å²) in [4.78, 5) is 26.5. The summed E-state index contributed by atoms with van der Waals surface area (Å²) >= 11 is 11.9. The highest BCUT2D eigenvalue weighted by Gasteiger charge is 2.25. The van der Waals surface area contributed by atoms with Gasteiger partial charge < -0.3 is 10.2 Å². The van der Waals surface area contributed by atoms with Gasteiger partial charge in [0, 0.05) is 30.3 Å². The zero-order chi connectivity index (χ0) is 17.8. The summed E-state index contributed by atoms with van der Waals surface area (Å²) in [5.74, 6) is -0.138. The molecule has 1 heterocycles. The number of carbonyl (C=O) groups is 2. The van der Waals surface area contributed by atoms with Gasteiger partial charge in [0.2, 0.25) is 0 Å². The van der Waals surface area contributed by atoms with Crippen molar-refractivity contribution in [1.29, 1.82) is 0 Å². The molecule has 0 unspecified atom stereocenters. The van der Waals surface area contributed by atoms with Crippen LogP contribution in [-0.2, 0) is 0 Å². The zero-order valence-corrected chi connectivity index (χ0v) is 15.1. The number of likely N-dealkylation sites (tertiary alicyclic amines) is 1. The second-order valence-electron chi connectivity index (χ2n) is 6.03. The number of nitrogens with zero attached hydrogens (tertiary/aromatic N) is 1. The number of hydrogen-bond acceptors (Lipinski definition) is 2. The minimum Gasteiger partial charge on any atom is -0.349 e. The largest absolute Gasteiger partial charge is 0.349 e. The van der Waals surface area contributed by atoms with E-state index >= 15 is 0 Å². The van der Waals surface area contributed by atoms with Crippen LogP contribution in [0.1, 0.15) is 33.6 Å². The van der Waals surface area contributed by atoms with Crippen LogP contribution in [0.2, 0.25) is 10.0 Å². The van der Waals surface area contributed by atoms with E-state index in [4.69, 9.17) is 23.2 Å². The number of amides is 2. The van der Waals surface area contributed by atoms with Gasteiger partial charge in [-0.15, -0.1) is 0 Å². The van der Waals surface area contributed by atoms with Crippen molar-refractivity contribution in [3.05, 3.63) is 69.7 Å². The van der Waals surface area contributed by atoms with E-state index in [1.807, 2.05) is 18.2 Å². The molecule has 1 N–H and O–H groups in total. The summed E-state index contributed by atoms with van der Waals surface area (Å²) in [5, 5.41) is 3.84. The first kappa shape index (κ1) is 17.8. The number of hydrogen-bond donors (Lipinski definition) is 1. The van der Waals surface area contributed by atoms with E-state index < -0.39 is 0 Å². The van der Waals surface area contributed by atoms with Crippen molar-refractivity contribution in [1.82, 2.24) is 10.2 Å². The van der Waals surface area contributed by atoms with Crippen LogP contribution in [0.15, 0.2) is 48.5 Å². The summed E-state index contributed by atoms with van der Waals surface area (Å²) in [5.41, 5.74) is 1.18. The Morgan fingerprint density at radius 3 is 2.24 bits per heavy atom. The van der Waals surface area contributed by atoms with E-state index in [2.05, 4.69) is 5.32 Å². The Labute approximate surface area is 156 Å². The fourth-order valence-corrected chi connectivity index (χ4v) is 3.19. The molecule has 25 heavy (non-hydrogen) atoms. The van der Waals surface area contributed by atoms with E-state index in [9.17, 15) is 9.59 Å². The standard InChI is InChI=1S/C19H18Cl2N2O2/c20-16-7-6-14(12-17(16)21)19(25)23-10-8-15(9-11-23)22-18(24)13-4-2-1-3-5-13/h1-7,12,15H,8-11H2,(H,22,24). The number of halogens is 2. The average molecular weight is 377 g/mol. The molecule has 1 fully saturated rings. The van der Waals surface area contributed by atoms with Crippen LogP contribution in [0, 0.1) is 0 Å². The lowest BCUT2D eigenvalue weighted by molar-refractivity contribution is 0.0698. The Kier molecular flexibility index (Phi) is 5.61. The van der Waals surface area contributed by atoms with Gasteiger partial charge in [-0.3, -0.25) is 9.59 Å². The van der Waals surface area contributed by atoms with Gasteiger partial charge in [0.1, 0.15) is 0 Å². The summed E-state index contributed by atoms with van der Waals surface area (Å²) in [7, 11) is 0. The lowest BCUT2D eigenvalue weighted by atomic mass is 10.0. The highest BCUT2D eigenvalue weighted by Crippen LogP contribution is 2.24. The third-order valence-electron chi connectivity index (χ3n) is 4.32. The topological polar surface area (TPSA) is 49.4 Å². The summed E-state index contributed by atoms with van der Waals surface area (Å²) in [6, 6.07) is 14.1. The predicted molar refractivity (Wildman–Crippen MR) is 99.3 cm³/mol. The van der Waals surface area contributed by atoms with Crippen LogP contribution in [0.4, 0.5) is 0 Å². The molecule has 1 saturated heterocycles. The second kappa shape index (κ2) is 7.89. The monoisotopic (exact) mass is 376 g/mol. The maximum Gasteiger partial charge on any atom is 0.253 e. The number of piperidine rings is 1. The number of carbonyl (C=O) groups excluding carboxylic acids is 2. The third kappa shape index (κ3) is 4.33. The minimum atomic E-state index is -0.0742. The van der Waals surface area contributed by atoms with E-state index in [-0.39, 0.29) is 17.9 Å². The maximum atomic E-state index is 12.6. The zero-order valence-electron chi connectivity index (χ0n) is 13.5. The smallest absolute Gasteiger partial charge is 0.253 e. The van der Waals surface area contributed by atoms with Gasteiger partial charge in [-0.05, 0) is 43.2 Å². The molecule has 0 saturated carbocycles. The molecular weight excluding hydrogens is 359 g/mol. The van der Waals surface area contributed by atoms with Crippen molar-refractivity contribution >= 4 is 35.0 Å². The number of nitrogens with one attached hydrogen (secondary N) is 1. The van der Waals surface area contributed by atoms with Gasteiger partial charge in [0.15, 0.2) is 0 Å². The SMILES string of the molecule is O=C(NC1CCN(C(=O)c2ccc(Cl)c(Cl)c2)CC1)c1ccccc1. The first-order valence-electron chi connectivity index (χ1n) is 8.15. The molecule has 1 aliphatic rings. The van der Waals surface area contributed by atoms with Gasteiger partial charge in [-0.1, -0.05) is 41.4 Å². The third-order valence-corrected chi connectivity index (χ3v) is 5.06. The van der Waals surface area contributed by atoms with Crippen molar-refractivity contribution in [2.24, 2.45) is 0 Å². The molecular formula is C19H18Cl2N2O2. The highest BCUT2D eigenvalue weighted by atomic mass is 35.5. The quantitative estimate of drug-likeness (QED) is 0.878. The van der Waals surface area contributed by atoms with Crippen LogP contribution in [-0.4, -0.2) is 35.8 Å². The van der Waals surface area contributed by atoms with Crippen LogP contribution < -0.4 is 5.32 Å². The summed E-state index contributed by atoms with van der Waals surface area (Å²) < 4.78 is 0. The number of benzene rings is 2. The average Bonchev–Trinajstić information content (AvgIpc) is 2.65. The Hall–Kier alpha value is -2.04. The fourth-order valence-electron chi connectivity index (χ4n) is 2.90. The molecule has 0 bridgehead atoms. The van der Waals surface area contributed by atoms with Crippen molar-refractivity contribution in [3.8, 4) is 0 Å². The molecule has 0 atom stereocenters. The van der Waals surface area contributed by atoms with E-state index in [1.165, 1.54) is 0 Å². The molecule has 6 heteroatoms. The molecule has 0 spiro atoms. The van der Waals surface area contributed by atoms with Crippen molar-refractivity contribution < 1.29 is 9.59 Å². The molecule has 2 amide bonds. The summed E-state index contributed by atoms with van der Waals surface area (Å²) in [6.07, 6.45) is 1.46. The van der Waals surface area contributed by atoms with Gasteiger partial charge in [-0.2, -0.15) is 0 Å². The van der Waals surface area contributed by atoms with Crippen molar-refractivity contribution in [3.63, 3.8) is 0 Å². The molecule has 0 radical (unpaired) electrons. The van der Waals surface area contributed by atoms with Crippen LogP contribution >= 0.6 is 23.2 Å². The van der Waals surface area contributed by atoms with E-state index in [0.717, 1.165) is 12.8 Å². The number of rotatable bonds is 3. The molecule has 2 aromatic rings. The van der Waals surface area contributed by atoms with Crippen LogP contribution in [0.25, 0.3) is 0 Å². The van der Waals surface area contributed by atoms with Crippen molar-refractivity contribution in [2.45, 2.75) is 18.9 Å². The lowest BCUT2D eigenvalue weighted by Crippen LogP contribution is -2.46.